The predicted octanol–water partition coefficient (Wildman–Crippen LogP) is 3.90. The standard InChI is InChI=1S/C11H14ClNO.C10H15NO/c1-7-9-3-2-8(5-12)4-10(9)13-11(7)6-14;1-7-5-11-10-4-8(6-12)2-3-9(7)10/h6,8,13H,2-5H2,1H3;5,8,11-12H,2-4,6H2,1H3. The van der Waals surface area contributed by atoms with E-state index in [2.05, 4.69) is 23.1 Å². The highest BCUT2D eigenvalue weighted by atomic mass is 35.5. The van der Waals surface area contributed by atoms with Crippen LogP contribution in [0.2, 0.25) is 0 Å². The SMILES string of the molecule is Cc1c(C=O)[nH]c2c1CCC(CCl)C2.Cc1c[nH]c2c1CCC(CO)C2. The number of aliphatic hydroxyl groups is 1. The van der Waals surface area contributed by atoms with E-state index >= 15 is 0 Å². The largest absolute Gasteiger partial charge is 0.396 e. The highest BCUT2D eigenvalue weighted by Crippen LogP contribution is 2.29. The number of carbonyl (C=O) groups is 1. The Morgan fingerprint density at radius 1 is 1.15 bits per heavy atom. The maximum atomic E-state index is 10.7. The van der Waals surface area contributed by atoms with Crippen LogP contribution in [0.3, 0.4) is 0 Å². The van der Waals surface area contributed by atoms with Crippen LogP contribution in [0.15, 0.2) is 6.20 Å². The summed E-state index contributed by atoms with van der Waals surface area (Å²) in [6.07, 6.45) is 9.48. The summed E-state index contributed by atoms with van der Waals surface area (Å²) in [7, 11) is 0. The van der Waals surface area contributed by atoms with Gasteiger partial charge < -0.3 is 15.1 Å². The molecule has 0 amide bonds. The topological polar surface area (TPSA) is 68.9 Å². The predicted molar refractivity (Wildman–Crippen MR) is 105 cm³/mol. The Morgan fingerprint density at radius 3 is 2.54 bits per heavy atom. The van der Waals surface area contributed by atoms with Gasteiger partial charge in [-0.2, -0.15) is 0 Å². The molecule has 2 aromatic heterocycles. The van der Waals surface area contributed by atoms with E-state index in [1.807, 2.05) is 6.92 Å². The molecule has 0 spiro atoms. The minimum atomic E-state index is 0.331. The average molecular weight is 377 g/mol. The molecule has 0 bridgehead atoms. The molecule has 2 atom stereocenters. The molecule has 0 aliphatic heterocycles. The van der Waals surface area contributed by atoms with Crippen molar-refractivity contribution in [2.24, 2.45) is 11.8 Å². The summed E-state index contributed by atoms with van der Waals surface area (Å²) in [6.45, 7) is 4.49. The van der Waals surface area contributed by atoms with Gasteiger partial charge in [0.2, 0.25) is 0 Å². The van der Waals surface area contributed by atoms with Crippen molar-refractivity contribution < 1.29 is 9.90 Å². The fourth-order valence-electron chi connectivity index (χ4n) is 4.25. The minimum absolute atomic E-state index is 0.331. The van der Waals surface area contributed by atoms with Gasteiger partial charge in [-0.1, -0.05) is 0 Å². The van der Waals surface area contributed by atoms with E-state index in [-0.39, 0.29) is 0 Å². The summed E-state index contributed by atoms with van der Waals surface area (Å²) < 4.78 is 0. The van der Waals surface area contributed by atoms with Crippen LogP contribution in [0, 0.1) is 25.7 Å². The second-order valence-corrected chi connectivity index (χ2v) is 8.03. The van der Waals surface area contributed by atoms with Crippen LogP contribution in [0.4, 0.5) is 0 Å². The van der Waals surface area contributed by atoms with Crippen LogP contribution >= 0.6 is 11.6 Å². The molecule has 142 valence electrons. The zero-order chi connectivity index (χ0) is 18.7. The second-order valence-electron chi connectivity index (χ2n) is 7.72. The Labute approximate surface area is 160 Å². The van der Waals surface area contributed by atoms with Gasteiger partial charge in [0.15, 0.2) is 6.29 Å². The molecule has 26 heavy (non-hydrogen) atoms. The van der Waals surface area contributed by atoms with Gasteiger partial charge in [0.25, 0.3) is 0 Å². The summed E-state index contributed by atoms with van der Waals surface area (Å²) in [5.41, 5.74) is 8.64. The molecular weight excluding hydrogens is 348 g/mol. The van der Waals surface area contributed by atoms with Gasteiger partial charge >= 0.3 is 0 Å². The molecule has 4 rings (SSSR count). The van der Waals surface area contributed by atoms with Crippen molar-refractivity contribution in [3.05, 3.63) is 45.5 Å². The fraction of sp³-hybridized carbons (Fsp3) is 0.571. The van der Waals surface area contributed by atoms with E-state index < -0.39 is 0 Å². The van der Waals surface area contributed by atoms with Gasteiger partial charge in [0.1, 0.15) is 0 Å². The smallest absolute Gasteiger partial charge is 0.166 e. The van der Waals surface area contributed by atoms with Crippen LogP contribution < -0.4 is 0 Å². The Kier molecular flexibility index (Phi) is 6.25. The molecule has 3 N–H and O–H groups in total. The molecule has 2 aromatic rings. The Bertz CT molecular complexity index is 762. The normalized spacial score (nSPS) is 21.4. The number of aryl methyl sites for hydroxylation is 1. The number of hydrogen-bond donors (Lipinski definition) is 3. The quantitative estimate of drug-likeness (QED) is 0.561. The monoisotopic (exact) mass is 376 g/mol. The van der Waals surface area contributed by atoms with Crippen LogP contribution in [-0.2, 0) is 25.7 Å². The van der Waals surface area contributed by atoms with Crippen molar-refractivity contribution in [2.75, 3.05) is 12.5 Å². The summed E-state index contributed by atoms with van der Waals surface area (Å²) in [4.78, 5) is 17.2. The zero-order valence-corrected chi connectivity index (χ0v) is 16.5. The number of aromatic nitrogens is 2. The maximum absolute atomic E-state index is 10.7. The number of halogens is 1. The average Bonchev–Trinajstić information content (AvgIpc) is 3.21. The Balaban J connectivity index is 0.000000152. The van der Waals surface area contributed by atoms with Crippen LogP contribution in [-0.4, -0.2) is 33.8 Å². The number of aldehydes is 1. The third kappa shape index (κ3) is 3.91. The lowest BCUT2D eigenvalue weighted by atomic mass is 9.87. The van der Waals surface area contributed by atoms with E-state index in [9.17, 15) is 4.79 Å². The number of nitrogens with one attached hydrogen (secondary N) is 2. The number of aliphatic hydroxyl groups excluding tert-OH is 1. The molecule has 0 saturated heterocycles. The molecule has 2 aliphatic carbocycles. The molecular formula is C21H29ClN2O2. The summed E-state index contributed by atoms with van der Waals surface area (Å²) in [5.74, 6) is 1.77. The first-order chi connectivity index (χ1) is 12.6. The highest BCUT2D eigenvalue weighted by Gasteiger charge is 2.22. The van der Waals surface area contributed by atoms with E-state index in [0.29, 0.717) is 24.3 Å². The van der Waals surface area contributed by atoms with E-state index in [1.54, 1.807) is 0 Å². The number of aromatic amines is 2. The van der Waals surface area contributed by atoms with Crippen molar-refractivity contribution in [3.8, 4) is 0 Å². The second kappa shape index (κ2) is 8.45. The zero-order valence-electron chi connectivity index (χ0n) is 15.7. The van der Waals surface area contributed by atoms with Gasteiger partial charge in [-0.3, -0.25) is 4.79 Å². The van der Waals surface area contributed by atoms with E-state index in [1.165, 1.54) is 28.1 Å². The number of hydrogen-bond acceptors (Lipinski definition) is 2. The Hall–Kier alpha value is -1.52. The number of rotatable bonds is 3. The first-order valence-electron chi connectivity index (χ1n) is 9.55. The first kappa shape index (κ1) is 19.2. The highest BCUT2D eigenvalue weighted by molar-refractivity contribution is 6.18. The minimum Gasteiger partial charge on any atom is -0.396 e. The number of alkyl halides is 1. The molecule has 0 radical (unpaired) electrons. The lowest BCUT2D eigenvalue weighted by molar-refractivity contribution is 0.111. The lowest BCUT2D eigenvalue weighted by Crippen LogP contribution is -2.17. The lowest BCUT2D eigenvalue weighted by Gasteiger charge is -2.20. The molecule has 2 heterocycles. The molecule has 0 aromatic carbocycles. The van der Waals surface area contributed by atoms with Gasteiger partial charge in [0.05, 0.1) is 5.69 Å². The van der Waals surface area contributed by atoms with E-state index in [4.69, 9.17) is 16.7 Å². The van der Waals surface area contributed by atoms with Crippen molar-refractivity contribution in [2.45, 2.75) is 52.4 Å². The van der Waals surface area contributed by atoms with Crippen LogP contribution in [0.1, 0.15) is 57.0 Å². The van der Waals surface area contributed by atoms with Crippen molar-refractivity contribution in [3.63, 3.8) is 0 Å². The molecule has 5 heteroatoms. The van der Waals surface area contributed by atoms with Crippen LogP contribution in [0.5, 0.6) is 0 Å². The summed E-state index contributed by atoms with van der Waals surface area (Å²) in [6, 6.07) is 0. The van der Waals surface area contributed by atoms with E-state index in [0.717, 1.165) is 56.1 Å². The van der Waals surface area contributed by atoms with Gasteiger partial charge in [-0.25, -0.2) is 0 Å². The molecule has 4 nitrogen and oxygen atoms in total. The molecule has 0 saturated carbocycles. The summed E-state index contributed by atoms with van der Waals surface area (Å²) in [5, 5.41) is 9.01. The van der Waals surface area contributed by atoms with Crippen molar-refractivity contribution in [1.29, 1.82) is 0 Å². The van der Waals surface area contributed by atoms with Crippen molar-refractivity contribution >= 4 is 17.9 Å². The van der Waals surface area contributed by atoms with Crippen molar-refractivity contribution in [1.82, 2.24) is 9.97 Å². The Morgan fingerprint density at radius 2 is 1.85 bits per heavy atom. The third-order valence-corrected chi connectivity index (χ3v) is 6.43. The molecule has 2 unspecified atom stereocenters. The fourth-order valence-corrected chi connectivity index (χ4v) is 4.52. The van der Waals surface area contributed by atoms with Gasteiger partial charge in [0, 0.05) is 30.1 Å². The number of carbonyl (C=O) groups excluding carboxylic acids is 1. The van der Waals surface area contributed by atoms with Gasteiger partial charge in [-0.15, -0.1) is 11.6 Å². The number of H-pyrrole nitrogens is 2. The molecule has 2 aliphatic rings. The van der Waals surface area contributed by atoms with Crippen LogP contribution in [0.25, 0.3) is 0 Å². The number of fused-ring (bicyclic) bond motifs is 2. The molecule has 0 fully saturated rings. The maximum Gasteiger partial charge on any atom is 0.166 e. The van der Waals surface area contributed by atoms with Gasteiger partial charge in [-0.05, 0) is 86.5 Å². The summed E-state index contributed by atoms with van der Waals surface area (Å²) >= 11 is 5.84. The third-order valence-electron chi connectivity index (χ3n) is 5.99. The first-order valence-corrected chi connectivity index (χ1v) is 10.1.